The lowest BCUT2D eigenvalue weighted by Crippen LogP contribution is -2.21. The van der Waals surface area contributed by atoms with E-state index in [2.05, 4.69) is 42.8 Å². The number of aryl methyl sites for hydroxylation is 1. The van der Waals surface area contributed by atoms with E-state index in [1.165, 1.54) is 30.5 Å². The highest BCUT2D eigenvalue weighted by Gasteiger charge is 2.20. The summed E-state index contributed by atoms with van der Waals surface area (Å²) in [5.74, 6) is 1.80. The van der Waals surface area contributed by atoms with Gasteiger partial charge >= 0.3 is 0 Å². The van der Waals surface area contributed by atoms with Crippen LogP contribution in [0.25, 0.3) is 0 Å². The van der Waals surface area contributed by atoms with Crippen molar-refractivity contribution in [1.29, 1.82) is 0 Å². The van der Waals surface area contributed by atoms with E-state index in [9.17, 15) is 0 Å². The van der Waals surface area contributed by atoms with Crippen LogP contribution in [0.5, 0.6) is 5.75 Å². The molecule has 0 radical (unpaired) electrons. The summed E-state index contributed by atoms with van der Waals surface area (Å²) in [4.78, 5) is 0. The molecule has 0 spiro atoms. The second-order valence-corrected chi connectivity index (χ2v) is 5.36. The summed E-state index contributed by atoms with van der Waals surface area (Å²) in [7, 11) is 3.80. The average molecular weight is 262 g/mol. The second-order valence-electron chi connectivity index (χ2n) is 5.36. The van der Waals surface area contributed by atoms with Crippen LogP contribution in [0.4, 0.5) is 0 Å². The van der Waals surface area contributed by atoms with Gasteiger partial charge < -0.3 is 15.4 Å². The molecular weight excluding hydrogens is 236 g/mol. The maximum absolute atomic E-state index is 5.41. The third kappa shape index (κ3) is 3.48. The first-order valence-corrected chi connectivity index (χ1v) is 7.33. The molecular formula is C16H26N2O. The van der Waals surface area contributed by atoms with Gasteiger partial charge in [-0.15, -0.1) is 0 Å². The predicted molar refractivity (Wildman–Crippen MR) is 79.8 cm³/mol. The fourth-order valence-electron chi connectivity index (χ4n) is 2.96. The molecule has 1 aliphatic heterocycles. The third-order valence-electron chi connectivity index (χ3n) is 4.17. The highest BCUT2D eigenvalue weighted by atomic mass is 16.5. The Morgan fingerprint density at radius 1 is 1.47 bits per heavy atom. The lowest BCUT2D eigenvalue weighted by atomic mass is 9.93. The van der Waals surface area contributed by atoms with Gasteiger partial charge in [0.15, 0.2) is 0 Å². The van der Waals surface area contributed by atoms with Crippen molar-refractivity contribution in [2.45, 2.75) is 32.2 Å². The summed E-state index contributed by atoms with van der Waals surface area (Å²) < 4.78 is 5.41. The Morgan fingerprint density at radius 3 is 2.89 bits per heavy atom. The largest absolute Gasteiger partial charge is 0.496 e. The molecule has 106 valence electrons. The molecule has 0 amide bonds. The summed E-state index contributed by atoms with van der Waals surface area (Å²) in [6, 6.07) is 7.04. The van der Waals surface area contributed by atoms with Gasteiger partial charge in [0.05, 0.1) is 7.11 Å². The minimum atomic E-state index is 0.445. The lowest BCUT2D eigenvalue weighted by Gasteiger charge is -2.21. The van der Waals surface area contributed by atoms with Crippen molar-refractivity contribution >= 4 is 0 Å². The van der Waals surface area contributed by atoms with Gasteiger partial charge in [0.25, 0.3) is 0 Å². The number of ether oxygens (including phenoxy) is 1. The average Bonchev–Trinajstić information content (AvgIpc) is 2.97. The molecule has 3 nitrogen and oxygen atoms in total. The zero-order chi connectivity index (χ0) is 13.7. The number of benzene rings is 1. The van der Waals surface area contributed by atoms with Crippen LogP contribution in [0.15, 0.2) is 18.2 Å². The maximum atomic E-state index is 5.41. The first-order valence-electron chi connectivity index (χ1n) is 7.33. The number of hydrogen-bond acceptors (Lipinski definition) is 3. The van der Waals surface area contributed by atoms with E-state index in [1.54, 1.807) is 7.11 Å². The van der Waals surface area contributed by atoms with E-state index in [-0.39, 0.29) is 0 Å². The number of rotatable bonds is 6. The second kappa shape index (κ2) is 6.92. The summed E-state index contributed by atoms with van der Waals surface area (Å²) in [6.45, 7) is 4.51. The molecule has 19 heavy (non-hydrogen) atoms. The fourth-order valence-corrected chi connectivity index (χ4v) is 2.96. The molecule has 2 rings (SSSR count). The Labute approximate surface area is 116 Å². The molecule has 0 aromatic heterocycles. The van der Waals surface area contributed by atoms with Crippen molar-refractivity contribution < 1.29 is 4.74 Å². The molecule has 1 heterocycles. The van der Waals surface area contributed by atoms with Crippen LogP contribution >= 0.6 is 0 Å². The topological polar surface area (TPSA) is 33.3 Å². The standard InChI is InChI=1S/C16H26N2O/c1-4-13-10-14(5-6-16(13)19-3)15(17-2)9-12-7-8-18-11-12/h5-6,10,12,15,17-18H,4,7-9,11H2,1-3H3. The summed E-state index contributed by atoms with van der Waals surface area (Å²) >= 11 is 0. The Morgan fingerprint density at radius 2 is 2.32 bits per heavy atom. The van der Waals surface area contributed by atoms with Gasteiger partial charge in [0.2, 0.25) is 0 Å². The molecule has 1 fully saturated rings. The van der Waals surface area contributed by atoms with Gasteiger partial charge in [-0.25, -0.2) is 0 Å². The van der Waals surface area contributed by atoms with E-state index >= 15 is 0 Å². The number of nitrogens with one attached hydrogen (secondary N) is 2. The summed E-state index contributed by atoms with van der Waals surface area (Å²) in [5, 5.41) is 6.91. The van der Waals surface area contributed by atoms with Crippen LogP contribution in [0.3, 0.4) is 0 Å². The molecule has 3 heteroatoms. The zero-order valence-corrected chi connectivity index (χ0v) is 12.3. The molecule has 1 aromatic carbocycles. The molecule has 0 aliphatic carbocycles. The summed E-state index contributed by atoms with van der Waals surface area (Å²) in [5.41, 5.74) is 2.68. The molecule has 0 bridgehead atoms. The zero-order valence-electron chi connectivity index (χ0n) is 12.3. The highest BCUT2D eigenvalue weighted by molar-refractivity contribution is 5.38. The molecule has 0 saturated carbocycles. The van der Waals surface area contributed by atoms with E-state index < -0.39 is 0 Å². The van der Waals surface area contributed by atoms with Gasteiger partial charge in [-0.1, -0.05) is 19.1 Å². The van der Waals surface area contributed by atoms with Crippen LogP contribution in [-0.4, -0.2) is 27.2 Å². The molecule has 1 saturated heterocycles. The van der Waals surface area contributed by atoms with Gasteiger partial charge in [0.1, 0.15) is 5.75 Å². The normalized spacial score (nSPS) is 20.5. The Kier molecular flexibility index (Phi) is 5.23. The number of hydrogen-bond donors (Lipinski definition) is 2. The Bertz CT molecular complexity index is 400. The van der Waals surface area contributed by atoms with Crippen LogP contribution in [0.1, 0.15) is 36.9 Å². The van der Waals surface area contributed by atoms with Crippen molar-refractivity contribution in [1.82, 2.24) is 10.6 Å². The molecule has 2 atom stereocenters. The van der Waals surface area contributed by atoms with Gasteiger partial charge in [-0.2, -0.15) is 0 Å². The molecule has 1 aliphatic rings. The Hall–Kier alpha value is -1.06. The third-order valence-corrected chi connectivity index (χ3v) is 4.17. The van der Waals surface area contributed by atoms with Crippen LogP contribution in [0.2, 0.25) is 0 Å². The number of methoxy groups -OCH3 is 1. The van der Waals surface area contributed by atoms with E-state index in [1.807, 2.05) is 0 Å². The van der Waals surface area contributed by atoms with Crippen LogP contribution < -0.4 is 15.4 Å². The SMILES string of the molecule is CCc1cc(C(CC2CCNC2)NC)ccc1OC. The van der Waals surface area contributed by atoms with E-state index in [0.717, 1.165) is 24.6 Å². The monoisotopic (exact) mass is 262 g/mol. The van der Waals surface area contributed by atoms with Crippen molar-refractivity contribution in [2.75, 3.05) is 27.2 Å². The first-order chi connectivity index (χ1) is 9.28. The highest BCUT2D eigenvalue weighted by Crippen LogP contribution is 2.28. The Balaban J connectivity index is 2.12. The predicted octanol–water partition coefficient (Wildman–Crippen LogP) is 2.52. The van der Waals surface area contributed by atoms with Crippen molar-refractivity contribution in [3.8, 4) is 5.75 Å². The smallest absolute Gasteiger partial charge is 0.122 e. The molecule has 2 unspecified atom stereocenters. The first kappa shape index (κ1) is 14.4. The van der Waals surface area contributed by atoms with Crippen LogP contribution in [0, 0.1) is 5.92 Å². The van der Waals surface area contributed by atoms with Crippen molar-refractivity contribution in [3.63, 3.8) is 0 Å². The lowest BCUT2D eigenvalue weighted by molar-refractivity contribution is 0.407. The maximum Gasteiger partial charge on any atom is 0.122 e. The summed E-state index contributed by atoms with van der Waals surface area (Å²) in [6.07, 6.45) is 3.52. The minimum absolute atomic E-state index is 0.445. The van der Waals surface area contributed by atoms with Gasteiger partial charge in [-0.05, 0) is 62.5 Å². The molecule has 2 N–H and O–H groups in total. The molecule has 1 aromatic rings. The van der Waals surface area contributed by atoms with Crippen LogP contribution in [-0.2, 0) is 6.42 Å². The van der Waals surface area contributed by atoms with Crippen molar-refractivity contribution in [3.05, 3.63) is 29.3 Å². The fraction of sp³-hybridized carbons (Fsp3) is 0.625. The van der Waals surface area contributed by atoms with E-state index in [0.29, 0.717) is 6.04 Å². The minimum Gasteiger partial charge on any atom is -0.496 e. The quantitative estimate of drug-likeness (QED) is 0.826. The van der Waals surface area contributed by atoms with Gasteiger partial charge in [-0.3, -0.25) is 0 Å². The van der Waals surface area contributed by atoms with E-state index in [4.69, 9.17) is 4.74 Å². The van der Waals surface area contributed by atoms with Gasteiger partial charge in [0, 0.05) is 6.04 Å². The van der Waals surface area contributed by atoms with Crippen molar-refractivity contribution in [2.24, 2.45) is 5.92 Å².